The molecule has 5 rings (SSSR count). The number of likely N-dealkylation sites (tertiary alicyclic amines) is 1. The molecule has 11 heteroatoms. The normalized spacial score (nSPS) is 24.7. The predicted molar refractivity (Wildman–Crippen MR) is 139 cm³/mol. The molecule has 10 nitrogen and oxygen atoms in total. The van der Waals surface area contributed by atoms with Crippen molar-refractivity contribution in [2.75, 3.05) is 39.4 Å². The number of morpholine rings is 1. The van der Waals surface area contributed by atoms with E-state index in [9.17, 15) is 14.7 Å². The van der Waals surface area contributed by atoms with Gasteiger partial charge < -0.3 is 20.1 Å². The third-order valence-electron chi connectivity index (χ3n) is 7.53. The maximum absolute atomic E-state index is 13.9. The number of aromatic nitrogens is 3. The Balaban J connectivity index is 1.31. The second kappa shape index (κ2) is 10.8. The van der Waals surface area contributed by atoms with Gasteiger partial charge in [-0.25, -0.2) is 4.68 Å². The van der Waals surface area contributed by atoms with E-state index in [1.54, 1.807) is 20.9 Å². The monoisotopic (exact) mass is 530 g/mol. The molecule has 2 N–H and O–H groups in total. The fourth-order valence-corrected chi connectivity index (χ4v) is 6.28. The van der Waals surface area contributed by atoms with Crippen molar-refractivity contribution in [1.82, 2.24) is 30.1 Å². The number of amides is 2. The van der Waals surface area contributed by atoms with Crippen molar-refractivity contribution >= 4 is 23.2 Å². The molecule has 0 spiro atoms. The molecular formula is C26H38N6O4S. The summed E-state index contributed by atoms with van der Waals surface area (Å²) in [7, 11) is 0. The Bertz CT molecular complexity index is 1070. The number of β-amino-alcohol motifs (C(OH)–C–C–N with tert-alkyl or cyclic N) is 1. The first kappa shape index (κ1) is 26.3. The SMILES string of the molecule is CC(C)(C)[C@@H](C(=O)N1C[C@H](O)C[C@H]1C(=O)NCC(c1cccs1)N1CCOCC1)n1cc(C2CC2)nn1. The summed E-state index contributed by atoms with van der Waals surface area (Å²) in [5.74, 6) is -0.0107. The number of carbonyl (C=O) groups is 2. The zero-order valence-corrected chi connectivity index (χ0v) is 22.7. The first-order chi connectivity index (χ1) is 17.7. The molecule has 2 amide bonds. The first-order valence-corrected chi connectivity index (χ1v) is 14.1. The summed E-state index contributed by atoms with van der Waals surface area (Å²) in [6, 6.07) is 2.80. The third kappa shape index (κ3) is 5.89. The molecule has 2 saturated heterocycles. The minimum atomic E-state index is -0.745. The molecule has 1 aliphatic carbocycles. The fourth-order valence-electron chi connectivity index (χ4n) is 5.42. The molecule has 202 valence electrons. The Morgan fingerprint density at radius 3 is 2.68 bits per heavy atom. The summed E-state index contributed by atoms with van der Waals surface area (Å²) in [6.07, 6.45) is 3.56. The maximum Gasteiger partial charge on any atom is 0.248 e. The Hall–Kier alpha value is -2.34. The van der Waals surface area contributed by atoms with Crippen LogP contribution < -0.4 is 5.32 Å². The third-order valence-corrected chi connectivity index (χ3v) is 8.51. The van der Waals surface area contributed by atoms with E-state index in [0.717, 1.165) is 31.6 Å². The Morgan fingerprint density at radius 1 is 1.27 bits per heavy atom. The van der Waals surface area contributed by atoms with E-state index >= 15 is 0 Å². The Morgan fingerprint density at radius 2 is 2.03 bits per heavy atom. The fraction of sp³-hybridized carbons (Fsp3) is 0.692. The van der Waals surface area contributed by atoms with E-state index in [1.807, 2.05) is 38.4 Å². The van der Waals surface area contributed by atoms with Crippen LogP contribution in [0.2, 0.25) is 0 Å². The van der Waals surface area contributed by atoms with E-state index in [0.29, 0.717) is 25.7 Å². The predicted octanol–water partition coefficient (Wildman–Crippen LogP) is 1.96. The molecule has 0 aromatic carbocycles. The minimum Gasteiger partial charge on any atom is -0.391 e. The van der Waals surface area contributed by atoms with Gasteiger partial charge in [-0.3, -0.25) is 14.5 Å². The largest absolute Gasteiger partial charge is 0.391 e. The molecule has 3 aliphatic rings. The van der Waals surface area contributed by atoms with E-state index in [1.165, 1.54) is 4.88 Å². The summed E-state index contributed by atoms with van der Waals surface area (Å²) in [5, 5.41) is 24.3. The van der Waals surface area contributed by atoms with Gasteiger partial charge in [0.15, 0.2) is 0 Å². The highest BCUT2D eigenvalue weighted by Crippen LogP contribution is 2.40. The van der Waals surface area contributed by atoms with E-state index < -0.39 is 23.6 Å². The van der Waals surface area contributed by atoms with E-state index in [-0.39, 0.29) is 30.8 Å². The van der Waals surface area contributed by atoms with Gasteiger partial charge in [-0.2, -0.15) is 0 Å². The molecule has 4 heterocycles. The van der Waals surface area contributed by atoms with Gasteiger partial charge in [0.2, 0.25) is 11.8 Å². The number of thiophene rings is 1. The average molecular weight is 531 g/mol. The van der Waals surface area contributed by atoms with Crippen molar-refractivity contribution in [3.05, 3.63) is 34.3 Å². The van der Waals surface area contributed by atoms with Crippen molar-refractivity contribution in [1.29, 1.82) is 0 Å². The Labute approximate surface area is 222 Å². The number of aliphatic hydroxyl groups excluding tert-OH is 1. The number of carbonyl (C=O) groups excluding carboxylic acids is 2. The van der Waals surface area contributed by atoms with Gasteiger partial charge in [0.05, 0.1) is 31.1 Å². The zero-order valence-electron chi connectivity index (χ0n) is 21.9. The number of nitrogens with zero attached hydrogens (tertiary/aromatic N) is 5. The van der Waals surface area contributed by atoms with Crippen LogP contribution in [0.4, 0.5) is 0 Å². The van der Waals surface area contributed by atoms with Crippen LogP contribution in [0.1, 0.15) is 68.6 Å². The van der Waals surface area contributed by atoms with Crippen molar-refractivity contribution < 1.29 is 19.4 Å². The van der Waals surface area contributed by atoms with Crippen LogP contribution in [0.3, 0.4) is 0 Å². The second-order valence-corrected chi connectivity index (χ2v) is 12.5. The van der Waals surface area contributed by atoms with E-state index in [4.69, 9.17) is 4.74 Å². The van der Waals surface area contributed by atoms with Crippen LogP contribution >= 0.6 is 11.3 Å². The van der Waals surface area contributed by atoms with Gasteiger partial charge in [0.1, 0.15) is 12.1 Å². The Kier molecular flexibility index (Phi) is 7.67. The van der Waals surface area contributed by atoms with Gasteiger partial charge in [-0.15, -0.1) is 16.4 Å². The van der Waals surface area contributed by atoms with Gasteiger partial charge in [-0.05, 0) is 29.7 Å². The van der Waals surface area contributed by atoms with Crippen LogP contribution in [-0.4, -0.2) is 93.3 Å². The number of hydrogen-bond acceptors (Lipinski definition) is 8. The molecular weight excluding hydrogens is 492 g/mol. The van der Waals surface area contributed by atoms with Crippen LogP contribution in [0.25, 0.3) is 0 Å². The summed E-state index contributed by atoms with van der Waals surface area (Å²) in [6.45, 7) is 9.49. The standard InChI is InChI=1S/C26H38N6O4S/c1-26(2,3)23(32-16-19(28-29-32)17-6-7-17)25(35)31-15-18(33)13-20(31)24(34)27-14-21(22-5-4-12-37-22)30-8-10-36-11-9-30/h4-5,12,16-18,20-21,23,33H,6-11,13-15H2,1-3H3,(H,27,34)/t18-,20+,21?,23-/m1/s1. The second-order valence-electron chi connectivity index (χ2n) is 11.5. The van der Waals surface area contributed by atoms with E-state index in [2.05, 4.69) is 26.6 Å². The molecule has 4 atom stereocenters. The smallest absolute Gasteiger partial charge is 0.248 e. The van der Waals surface area contributed by atoms with Crippen molar-refractivity contribution in [3.8, 4) is 0 Å². The topological polar surface area (TPSA) is 113 Å². The summed E-state index contributed by atoms with van der Waals surface area (Å²) in [5.41, 5.74) is 0.460. The number of nitrogens with one attached hydrogen (secondary N) is 1. The lowest BCUT2D eigenvalue weighted by atomic mass is 9.85. The lowest BCUT2D eigenvalue weighted by Gasteiger charge is -2.36. The number of aliphatic hydroxyl groups is 1. The van der Waals surface area contributed by atoms with Crippen LogP contribution in [0, 0.1) is 5.41 Å². The molecule has 0 radical (unpaired) electrons. The van der Waals surface area contributed by atoms with Crippen LogP contribution in [0.15, 0.2) is 23.7 Å². The summed E-state index contributed by atoms with van der Waals surface area (Å²) in [4.78, 5) is 32.5. The van der Waals surface area contributed by atoms with Gasteiger partial charge >= 0.3 is 0 Å². The molecule has 0 bridgehead atoms. The quantitative estimate of drug-likeness (QED) is 0.537. The minimum absolute atomic E-state index is 0.0432. The molecule has 37 heavy (non-hydrogen) atoms. The lowest BCUT2D eigenvalue weighted by molar-refractivity contribution is -0.144. The molecule has 3 fully saturated rings. The maximum atomic E-state index is 13.9. The highest BCUT2D eigenvalue weighted by molar-refractivity contribution is 7.10. The van der Waals surface area contributed by atoms with Gasteiger partial charge in [-0.1, -0.05) is 32.1 Å². The van der Waals surface area contributed by atoms with Gasteiger partial charge in [0.25, 0.3) is 0 Å². The zero-order chi connectivity index (χ0) is 26.2. The highest BCUT2D eigenvalue weighted by atomic mass is 32.1. The van der Waals surface area contributed by atoms with Crippen LogP contribution in [-0.2, 0) is 14.3 Å². The number of hydrogen-bond donors (Lipinski definition) is 2. The molecule has 1 saturated carbocycles. The number of rotatable bonds is 8. The molecule has 2 aromatic heterocycles. The molecule has 1 unspecified atom stereocenters. The molecule has 2 aliphatic heterocycles. The summed E-state index contributed by atoms with van der Waals surface area (Å²) < 4.78 is 7.18. The molecule has 2 aromatic rings. The summed E-state index contributed by atoms with van der Waals surface area (Å²) >= 11 is 1.67. The van der Waals surface area contributed by atoms with Crippen molar-refractivity contribution in [2.24, 2.45) is 5.41 Å². The highest BCUT2D eigenvalue weighted by Gasteiger charge is 2.45. The van der Waals surface area contributed by atoms with Gasteiger partial charge in [0, 0.05) is 49.6 Å². The lowest BCUT2D eigenvalue weighted by Crippen LogP contribution is -2.51. The first-order valence-electron chi connectivity index (χ1n) is 13.3. The van der Waals surface area contributed by atoms with Crippen molar-refractivity contribution in [2.45, 2.75) is 70.2 Å². The van der Waals surface area contributed by atoms with Crippen molar-refractivity contribution in [3.63, 3.8) is 0 Å². The number of ether oxygens (including phenoxy) is 1. The average Bonchev–Trinajstić information content (AvgIpc) is 3.22. The van der Waals surface area contributed by atoms with Crippen LogP contribution in [0.5, 0.6) is 0 Å².